The molecule has 3 rings (SSSR count). The smallest absolute Gasteiger partial charge is 0.227 e. The SMILES string of the molecule is CS(=O)(=O)c1ncc(CN2CCCCC2CCCO)n1CC1CCCCC1. The Kier molecular flexibility index (Phi) is 7.34. The monoisotopic (exact) mass is 397 g/mol. The highest BCUT2D eigenvalue weighted by atomic mass is 32.2. The summed E-state index contributed by atoms with van der Waals surface area (Å²) in [6, 6.07) is 0.477. The quantitative estimate of drug-likeness (QED) is 0.730. The molecule has 2 aliphatic rings. The molecule has 0 spiro atoms. The van der Waals surface area contributed by atoms with Crippen LogP contribution in [0, 0.1) is 5.92 Å². The Morgan fingerprint density at radius 1 is 1.15 bits per heavy atom. The molecule has 2 fully saturated rings. The molecule has 1 unspecified atom stereocenters. The van der Waals surface area contributed by atoms with Crippen LogP contribution in [0.2, 0.25) is 0 Å². The highest BCUT2D eigenvalue weighted by Gasteiger charge is 2.27. The van der Waals surface area contributed by atoms with Gasteiger partial charge in [-0.25, -0.2) is 13.4 Å². The van der Waals surface area contributed by atoms with Gasteiger partial charge in [0, 0.05) is 32.0 Å². The van der Waals surface area contributed by atoms with Gasteiger partial charge in [0.15, 0.2) is 0 Å². The Morgan fingerprint density at radius 3 is 2.59 bits per heavy atom. The first kappa shape index (κ1) is 20.8. The van der Waals surface area contributed by atoms with Crippen LogP contribution in [0.5, 0.6) is 0 Å². The fourth-order valence-corrected chi connectivity index (χ4v) is 5.60. The van der Waals surface area contributed by atoms with Crippen molar-refractivity contribution in [2.24, 2.45) is 5.92 Å². The maximum atomic E-state index is 12.3. The summed E-state index contributed by atoms with van der Waals surface area (Å²) >= 11 is 0. The van der Waals surface area contributed by atoms with Gasteiger partial charge in [-0.15, -0.1) is 0 Å². The number of piperidine rings is 1. The molecule has 1 N–H and O–H groups in total. The lowest BCUT2D eigenvalue weighted by Crippen LogP contribution is -2.39. The van der Waals surface area contributed by atoms with E-state index in [1.165, 1.54) is 51.2 Å². The standard InChI is InChI=1S/C20H35N3O3S/c1-27(25,26)20-21-14-19(23(20)15-17-8-3-2-4-9-17)16-22-12-6-5-10-18(22)11-7-13-24/h14,17-18,24H,2-13,15-16H2,1H3. The maximum absolute atomic E-state index is 12.3. The first-order chi connectivity index (χ1) is 13.0. The molecule has 6 nitrogen and oxygen atoms in total. The van der Waals surface area contributed by atoms with Gasteiger partial charge in [0.1, 0.15) is 0 Å². The summed E-state index contributed by atoms with van der Waals surface area (Å²) in [5.41, 5.74) is 1.02. The number of imidazole rings is 1. The number of nitrogens with zero attached hydrogens (tertiary/aromatic N) is 3. The Labute approximate surface area is 163 Å². The van der Waals surface area contributed by atoms with Gasteiger partial charge in [0.05, 0.1) is 11.9 Å². The largest absolute Gasteiger partial charge is 0.396 e. The number of aliphatic hydroxyl groups is 1. The molecule has 1 aliphatic carbocycles. The van der Waals surface area contributed by atoms with Crippen molar-refractivity contribution in [1.29, 1.82) is 0 Å². The molecule has 7 heteroatoms. The lowest BCUT2D eigenvalue weighted by Gasteiger charge is -2.36. The fourth-order valence-electron chi connectivity index (χ4n) is 4.77. The normalized spacial score (nSPS) is 23.0. The van der Waals surface area contributed by atoms with Crippen LogP contribution >= 0.6 is 0 Å². The van der Waals surface area contributed by atoms with Crippen molar-refractivity contribution in [3.05, 3.63) is 11.9 Å². The lowest BCUT2D eigenvalue weighted by molar-refractivity contribution is 0.120. The van der Waals surface area contributed by atoms with Crippen LogP contribution in [0.3, 0.4) is 0 Å². The number of rotatable bonds is 8. The zero-order chi connectivity index (χ0) is 19.3. The molecule has 1 atom stereocenters. The molecule has 1 aromatic heterocycles. The van der Waals surface area contributed by atoms with Gasteiger partial charge in [0.2, 0.25) is 15.0 Å². The highest BCUT2D eigenvalue weighted by Crippen LogP contribution is 2.28. The average Bonchev–Trinajstić information content (AvgIpc) is 3.04. The Balaban J connectivity index is 1.79. The molecule has 1 aromatic rings. The predicted octanol–water partition coefficient (Wildman–Crippen LogP) is 2.99. The molecule has 0 bridgehead atoms. The minimum absolute atomic E-state index is 0.229. The van der Waals surface area contributed by atoms with Gasteiger partial charge in [-0.3, -0.25) is 4.90 Å². The third-order valence-electron chi connectivity index (χ3n) is 6.21. The van der Waals surface area contributed by atoms with Crippen molar-refractivity contribution in [2.75, 3.05) is 19.4 Å². The molecule has 154 valence electrons. The van der Waals surface area contributed by atoms with Crippen molar-refractivity contribution in [2.45, 2.75) is 88.5 Å². The minimum atomic E-state index is -3.33. The van der Waals surface area contributed by atoms with Crippen molar-refractivity contribution in [3.63, 3.8) is 0 Å². The summed E-state index contributed by atoms with van der Waals surface area (Å²) in [6.07, 6.45) is 14.6. The fraction of sp³-hybridized carbons (Fsp3) is 0.850. The van der Waals surface area contributed by atoms with Crippen molar-refractivity contribution < 1.29 is 13.5 Å². The molecular weight excluding hydrogens is 362 g/mol. The summed E-state index contributed by atoms with van der Waals surface area (Å²) in [4.78, 5) is 6.79. The summed E-state index contributed by atoms with van der Waals surface area (Å²) in [7, 11) is -3.33. The summed E-state index contributed by atoms with van der Waals surface area (Å²) in [5, 5.41) is 9.42. The van der Waals surface area contributed by atoms with E-state index in [1.807, 2.05) is 4.57 Å². The van der Waals surface area contributed by atoms with E-state index >= 15 is 0 Å². The zero-order valence-corrected chi connectivity index (χ0v) is 17.5. The lowest BCUT2D eigenvalue weighted by atomic mass is 9.89. The molecule has 0 radical (unpaired) electrons. The van der Waals surface area contributed by atoms with Crippen LogP contribution in [0.1, 0.15) is 69.9 Å². The van der Waals surface area contributed by atoms with Gasteiger partial charge < -0.3 is 9.67 Å². The number of sulfone groups is 1. The van der Waals surface area contributed by atoms with Gasteiger partial charge in [-0.05, 0) is 51.0 Å². The van der Waals surface area contributed by atoms with Gasteiger partial charge in [-0.1, -0.05) is 25.7 Å². The van der Waals surface area contributed by atoms with E-state index < -0.39 is 9.84 Å². The van der Waals surface area contributed by atoms with E-state index in [-0.39, 0.29) is 11.8 Å². The van der Waals surface area contributed by atoms with E-state index in [2.05, 4.69) is 9.88 Å². The Hall–Kier alpha value is -0.920. The molecule has 1 saturated heterocycles. The number of aromatic nitrogens is 2. The van der Waals surface area contributed by atoms with Crippen LogP contribution in [-0.2, 0) is 22.9 Å². The Morgan fingerprint density at radius 2 is 1.89 bits per heavy atom. The van der Waals surface area contributed by atoms with Crippen LogP contribution in [0.4, 0.5) is 0 Å². The molecular formula is C20H35N3O3S. The molecule has 0 aromatic carbocycles. The predicted molar refractivity (Wildman–Crippen MR) is 106 cm³/mol. The molecule has 2 heterocycles. The molecule has 1 saturated carbocycles. The van der Waals surface area contributed by atoms with Crippen LogP contribution < -0.4 is 0 Å². The summed E-state index contributed by atoms with van der Waals surface area (Å²) < 4.78 is 26.6. The minimum Gasteiger partial charge on any atom is -0.396 e. The second-order valence-corrected chi connectivity index (χ2v) is 10.3. The van der Waals surface area contributed by atoms with E-state index in [4.69, 9.17) is 0 Å². The maximum Gasteiger partial charge on any atom is 0.227 e. The van der Waals surface area contributed by atoms with Gasteiger partial charge >= 0.3 is 0 Å². The zero-order valence-electron chi connectivity index (χ0n) is 16.6. The summed E-state index contributed by atoms with van der Waals surface area (Å²) in [5.74, 6) is 0.554. The average molecular weight is 398 g/mol. The van der Waals surface area contributed by atoms with E-state index in [9.17, 15) is 13.5 Å². The molecule has 27 heavy (non-hydrogen) atoms. The number of hydrogen-bond donors (Lipinski definition) is 1. The Bertz CT molecular complexity index is 695. The number of hydrogen-bond acceptors (Lipinski definition) is 5. The second kappa shape index (κ2) is 9.52. The highest BCUT2D eigenvalue weighted by molar-refractivity contribution is 7.90. The second-order valence-electron chi connectivity index (χ2n) is 8.40. The third kappa shape index (κ3) is 5.55. The van der Waals surface area contributed by atoms with Crippen molar-refractivity contribution >= 4 is 9.84 Å². The third-order valence-corrected chi connectivity index (χ3v) is 7.20. The van der Waals surface area contributed by atoms with E-state index in [0.717, 1.165) is 44.6 Å². The van der Waals surface area contributed by atoms with E-state index in [0.29, 0.717) is 12.0 Å². The topological polar surface area (TPSA) is 75.4 Å². The number of likely N-dealkylation sites (tertiary alicyclic amines) is 1. The molecule has 0 amide bonds. The first-order valence-electron chi connectivity index (χ1n) is 10.6. The van der Waals surface area contributed by atoms with Gasteiger partial charge in [-0.2, -0.15) is 0 Å². The first-order valence-corrected chi connectivity index (χ1v) is 12.5. The van der Waals surface area contributed by atoms with Crippen LogP contribution in [-0.4, -0.2) is 53.4 Å². The van der Waals surface area contributed by atoms with Crippen LogP contribution in [0.15, 0.2) is 11.4 Å². The van der Waals surface area contributed by atoms with E-state index in [1.54, 1.807) is 6.20 Å². The van der Waals surface area contributed by atoms with Crippen molar-refractivity contribution in [1.82, 2.24) is 14.5 Å². The van der Waals surface area contributed by atoms with Gasteiger partial charge in [0.25, 0.3) is 0 Å². The number of aliphatic hydroxyl groups excluding tert-OH is 1. The molecule has 1 aliphatic heterocycles. The van der Waals surface area contributed by atoms with Crippen molar-refractivity contribution in [3.8, 4) is 0 Å². The summed E-state index contributed by atoms with van der Waals surface area (Å²) in [6.45, 7) is 2.80. The van der Waals surface area contributed by atoms with Crippen LogP contribution in [0.25, 0.3) is 0 Å².